The van der Waals surface area contributed by atoms with Crippen LogP contribution in [0.3, 0.4) is 0 Å². The number of nitrogens with one attached hydrogen (secondary N) is 1. The molecule has 0 bridgehead atoms. The number of sulfonamides is 1. The van der Waals surface area contributed by atoms with Gasteiger partial charge in [-0.05, 0) is 25.1 Å². The lowest BCUT2D eigenvalue weighted by molar-refractivity contribution is 0.0905. The van der Waals surface area contributed by atoms with Gasteiger partial charge in [-0.15, -0.1) is 0 Å². The van der Waals surface area contributed by atoms with Gasteiger partial charge in [-0.25, -0.2) is 12.7 Å². The van der Waals surface area contributed by atoms with Gasteiger partial charge < -0.3 is 14.8 Å². The van der Waals surface area contributed by atoms with Crippen molar-refractivity contribution in [2.75, 3.05) is 34.9 Å². The normalized spacial score (nSPS) is 13.0. The highest BCUT2D eigenvalue weighted by Gasteiger charge is 2.24. The highest BCUT2D eigenvalue weighted by molar-refractivity contribution is 7.89. The molecule has 0 radical (unpaired) electrons. The first-order valence-electron chi connectivity index (χ1n) is 6.64. The lowest BCUT2D eigenvalue weighted by Crippen LogP contribution is -2.35. The zero-order chi connectivity index (χ0) is 16.9. The van der Waals surface area contributed by atoms with Gasteiger partial charge in [0.1, 0.15) is 10.6 Å². The Morgan fingerprint density at radius 2 is 1.95 bits per heavy atom. The Balaban J connectivity index is 3.18. The average Bonchev–Trinajstić information content (AvgIpc) is 2.46. The first-order chi connectivity index (χ1) is 10.2. The maximum atomic E-state index is 12.3. The molecular weight excluding hydrogens is 308 g/mol. The summed E-state index contributed by atoms with van der Waals surface area (Å²) >= 11 is 0. The summed E-state index contributed by atoms with van der Waals surface area (Å²) in [4.78, 5) is 12.1. The molecular formula is C14H22N2O5S. The topological polar surface area (TPSA) is 84.9 Å². The SMILES string of the molecule is COCC(C)NC(=O)c1ccc(OC)c(S(=O)(=O)N(C)C)c1. The average molecular weight is 330 g/mol. The Hall–Kier alpha value is -1.64. The summed E-state index contributed by atoms with van der Waals surface area (Å²) in [5, 5.41) is 2.73. The van der Waals surface area contributed by atoms with Crippen LogP contribution in [-0.4, -0.2) is 59.6 Å². The molecule has 7 nitrogen and oxygen atoms in total. The van der Waals surface area contributed by atoms with E-state index in [0.29, 0.717) is 6.61 Å². The fraction of sp³-hybridized carbons (Fsp3) is 0.500. The molecule has 0 saturated heterocycles. The van der Waals surface area contributed by atoms with Gasteiger partial charge in [-0.3, -0.25) is 4.79 Å². The number of benzene rings is 1. The molecule has 0 aliphatic carbocycles. The zero-order valence-corrected chi connectivity index (χ0v) is 14.2. The number of nitrogens with zero attached hydrogens (tertiary/aromatic N) is 1. The Morgan fingerprint density at radius 1 is 1.32 bits per heavy atom. The Kier molecular flexibility index (Phi) is 6.34. The van der Waals surface area contributed by atoms with E-state index in [4.69, 9.17) is 9.47 Å². The van der Waals surface area contributed by atoms with Crippen molar-refractivity contribution in [1.82, 2.24) is 9.62 Å². The van der Waals surface area contributed by atoms with E-state index < -0.39 is 10.0 Å². The van der Waals surface area contributed by atoms with E-state index in [2.05, 4.69) is 5.32 Å². The van der Waals surface area contributed by atoms with E-state index in [1.165, 1.54) is 46.5 Å². The first kappa shape index (κ1) is 18.4. The Labute approximate surface area is 131 Å². The largest absolute Gasteiger partial charge is 0.495 e. The minimum absolute atomic E-state index is 0.0490. The standard InChI is InChI=1S/C14H22N2O5S/c1-10(9-20-4)15-14(17)11-6-7-12(21-5)13(8-11)22(18,19)16(2)3/h6-8,10H,9H2,1-5H3,(H,15,17). The third kappa shape index (κ3) is 4.19. The van der Waals surface area contributed by atoms with Crippen molar-refractivity contribution in [3.05, 3.63) is 23.8 Å². The first-order valence-corrected chi connectivity index (χ1v) is 8.08. The molecule has 124 valence electrons. The molecule has 0 aliphatic heterocycles. The predicted octanol–water partition coefficient (Wildman–Crippen LogP) is 0.710. The van der Waals surface area contributed by atoms with Crippen LogP contribution in [0, 0.1) is 0 Å². The second-order valence-electron chi connectivity index (χ2n) is 4.98. The second kappa shape index (κ2) is 7.57. The number of methoxy groups -OCH3 is 2. The molecule has 0 spiro atoms. The summed E-state index contributed by atoms with van der Waals surface area (Å²) in [5.41, 5.74) is 0.240. The van der Waals surface area contributed by atoms with Crippen LogP contribution in [0.5, 0.6) is 5.75 Å². The van der Waals surface area contributed by atoms with Crippen molar-refractivity contribution in [3.8, 4) is 5.75 Å². The lowest BCUT2D eigenvalue weighted by Gasteiger charge is -2.16. The van der Waals surface area contributed by atoms with E-state index in [1.54, 1.807) is 6.92 Å². The molecule has 1 amide bonds. The maximum absolute atomic E-state index is 12.3. The van der Waals surface area contributed by atoms with Gasteiger partial charge in [-0.2, -0.15) is 0 Å². The van der Waals surface area contributed by atoms with Gasteiger partial charge >= 0.3 is 0 Å². The van der Waals surface area contributed by atoms with Gasteiger partial charge in [-0.1, -0.05) is 0 Å². The molecule has 0 saturated carbocycles. The van der Waals surface area contributed by atoms with Crippen LogP contribution in [0.4, 0.5) is 0 Å². The van der Waals surface area contributed by atoms with E-state index in [9.17, 15) is 13.2 Å². The van der Waals surface area contributed by atoms with E-state index in [-0.39, 0.29) is 28.2 Å². The van der Waals surface area contributed by atoms with E-state index in [0.717, 1.165) is 4.31 Å². The molecule has 1 aromatic carbocycles. The van der Waals surface area contributed by atoms with Gasteiger partial charge in [0.15, 0.2) is 0 Å². The Bertz CT molecular complexity index is 628. The van der Waals surface area contributed by atoms with Crippen LogP contribution in [0.2, 0.25) is 0 Å². The van der Waals surface area contributed by atoms with E-state index in [1.807, 2.05) is 0 Å². The molecule has 0 aromatic heterocycles. The monoisotopic (exact) mass is 330 g/mol. The summed E-state index contributed by atoms with van der Waals surface area (Å²) in [6.45, 7) is 2.16. The highest BCUT2D eigenvalue weighted by Crippen LogP contribution is 2.26. The van der Waals surface area contributed by atoms with Crippen LogP contribution in [0.25, 0.3) is 0 Å². The zero-order valence-electron chi connectivity index (χ0n) is 13.4. The third-order valence-electron chi connectivity index (χ3n) is 2.98. The van der Waals surface area contributed by atoms with Crippen LogP contribution in [0.15, 0.2) is 23.1 Å². The molecule has 1 atom stereocenters. The highest BCUT2D eigenvalue weighted by atomic mass is 32.2. The van der Waals surface area contributed by atoms with E-state index >= 15 is 0 Å². The minimum Gasteiger partial charge on any atom is -0.495 e. The number of carbonyl (C=O) groups excluding carboxylic acids is 1. The second-order valence-corrected chi connectivity index (χ2v) is 7.10. The van der Waals surface area contributed by atoms with Crippen molar-refractivity contribution in [1.29, 1.82) is 0 Å². The van der Waals surface area contributed by atoms with Gasteiger partial charge in [0, 0.05) is 32.8 Å². The van der Waals surface area contributed by atoms with Crippen LogP contribution >= 0.6 is 0 Å². The van der Waals surface area contributed by atoms with Gasteiger partial charge in [0.2, 0.25) is 10.0 Å². The summed E-state index contributed by atoms with van der Waals surface area (Å²) < 4.78 is 35.7. The summed E-state index contributed by atoms with van der Waals surface area (Å²) in [6.07, 6.45) is 0. The van der Waals surface area contributed by atoms with Crippen LogP contribution in [-0.2, 0) is 14.8 Å². The van der Waals surface area contributed by atoms with Crippen LogP contribution in [0.1, 0.15) is 17.3 Å². The number of amides is 1. The lowest BCUT2D eigenvalue weighted by atomic mass is 10.2. The van der Waals surface area contributed by atoms with Gasteiger partial charge in [0.05, 0.1) is 13.7 Å². The summed E-state index contributed by atoms with van der Waals surface area (Å²) in [5.74, 6) is -0.183. The molecule has 0 fully saturated rings. The van der Waals surface area contributed by atoms with Crippen molar-refractivity contribution in [3.63, 3.8) is 0 Å². The molecule has 8 heteroatoms. The third-order valence-corrected chi connectivity index (χ3v) is 4.81. The molecule has 1 unspecified atom stereocenters. The fourth-order valence-corrected chi connectivity index (χ4v) is 2.89. The molecule has 22 heavy (non-hydrogen) atoms. The van der Waals surface area contributed by atoms with Crippen molar-refractivity contribution >= 4 is 15.9 Å². The molecule has 1 rings (SSSR count). The number of hydrogen-bond acceptors (Lipinski definition) is 5. The Morgan fingerprint density at radius 3 is 2.45 bits per heavy atom. The number of carbonyl (C=O) groups is 1. The van der Waals surface area contributed by atoms with Crippen molar-refractivity contribution in [2.24, 2.45) is 0 Å². The predicted molar refractivity (Wildman–Crippen MR) is 82.7 cm³/mol. The molecule has 1 aromatic rings. The van der Waals surface area contributed by atoms with Crippen molar-refractivity contribution < 1.29 is 22.7 Å². The fourth-order valence-electron chi connectivity index (χ4n) is 1.82. The minimum atomic E-state index is -3.71. The van der Waals surface area contributed by atoms with Crippen molar-refractivity contribution in [2.45, 2.75) is 17.9 Å². The maximum Gasteiger partial charge on any atom is 0.251 e. The molecule has 1 N–H and O–H groups in total. The smallest absolute Gasteiger partial charge is 0.251 e. The number of hydrogen-bond donors (Lipinski definition) is 1. The quantitative estimate of drug-likeness (QED) is 0.796. The number of rotatable bonds is 7. The summed E-state index contributed by atoms with van der Waals surface area (Å²) in [7, 11) is 2.05. The molecule has 0 heterocycles. The molecule has 0 aliphatic rings. The number of ether oxygens (including phenoxy) is 2. The van der Waals surface area contributed by atoms with Crippen LogP contribution < -0.4 is 10.1 Å². The summed E-state index contributed by atoms with van der Waals surface area (Å²) in [6, 6.07) is 4.10. The van der Waals surface area contributed by atoms with Gasteiger partial charge in [0.25, 0.3) is 5.91 Å².